The van der Waals surface area contributed by atoms with Crippen LogP contribution >= 0.6 is 0 Å². The molecular weight excluding hydrogens is 188 g/mol. The van der Waals surface area contributed by atoms with E-state index in [-0.39, 0.29) is 5.92 Å². The van der Waals surface area contributed by atoms with Crippen molar-refractivity contribution in [2.75, 3.05) is 0 Å². The van der Waals surface area contributed by atoms with E-state index in [0.717, 1.165) is 17.4 Å². The van der Waals surface area contributed by atoms with E-state index in [1.807, 2.05) is 31.2 Å². The van der Waals surface area contributed by atoms with E-state index in [4.69, 9.17) is 0 Å². The fourth-order valence-electron chi connectivity index (χ4n) is 1.76. The van der Waals surface area contributed by atoms with Gasteiger partial charge >= 0.3 is 0 Å². The molecule has 0 saturated heterocycles. The summed E-state index contributed by atoms with van der Waals surface area (Å²) in [7, 11) is 0. The molecule has 15 heavy (non-hydrogen) atoms. The lowest BCUT2D eigenvalue weighted by molar-refractivity contribution is -0.108. The first-order valence-electron chi connectivity index (χ1n) is 5.22. The Morgan fingerprint density at radius 3 is 2.53 bits per heavy atom. The van der Waals surface area contributed by atoms with Gasteiger partial charge in [-0.15, -0.1) is 0 Å². The molecule has 0 bridgehead atoms. The van der Waals surface area contributed by atoms with Crippen molar-refractivity contribution in [2.45, 2.75) is 38.7 Å². The van der Waals surface area contributed by atoms with Gasteiger partial charge in [-0.3, -0.25) is 0 Å². The van der Waals surface area contributed by atoms with Crippen LogP contribution in [0, 0.1) is 0 Å². The van der Waals surface area contributed by atoms with Crippen LogP contribution in [0.5, 0.6) is 0 Å². The van der Waals surface area contributed by atoms with Gasteiger partial charge in [-0.2, -0.15) is 0 Å². The Kier molecular flexibility index (Phi) is 3.64. The summed E-state index contributed by atoms with van der Waals surface area (Å²) in [6.45, 7) is 5.53. The van der Waals surface area contributed by atoms with E-state index in [1.54, 1.807) is 13.8 Å². The Morgan fingerprint density at radius 2 is 2.00 bits per heavy atom. The monoisotopic (exact) mass is 206 g/mol. The average Bonchev–Trinajstić information content (AvgIpc) is 2.17. The molecule has 1 rings (SSSR count). The fraction of sp³-hybridized carbons (Fsp3) is 0.462. The third-order valence-electron chi connectivity index (χ3n) is 2.60. The molecule has 0 amide bonds. The zero-order valence-electron chi connectivity index (χ0n) is 9.53. The summed E-state index contributed by atoms with van der Waals surface area (Å²) in [5.41, 5.74) is 1.10. The molecule has 2 heteroatoms. The number of aliphatic hydroxyl groups is 1. The molecule has 82 valence electrons. The molecule has 1 aromatic rings. The van der Waals surface area contributed by atoms with E-state index in [1.165, 1.54) is 0 Å². The lowest BCUT2D eigenvalue weighted by Crippen LogP contribution is -2.18. The second kappa shape index (κ2) is 4.58. The highest BCUT2D eigenvalue weighted by Crippen LogP contribution is 2.29. The van der Waals surface area contributed by atoms with Crippen molar-refractivity contribution in [3.05, 3.63) is 35.4 Å². The van der Waals surface area contributed by atoms with E-state index < -0.39 is 5.60 Å². The number of carbonyl (C=O) groups is 1. The number of benzene rings is 1. The molecule has 0 aromatic heterocycles. The van der Waals surface area contributed by atoms with Crippen molar-refractivity contribution in [1.29, 1.82) is 0 Å². The Labute approximate surface area is 90.9 Å². The molecule has 2 nitrogen and oxygen atoms in total. The molecule has 0 spiro atoms. The van der Waals surface area contributed by atoms with Crippen LogP contribution in [-0.4, -0.2) is 11.4 Å². The minimum atomic E-state index is -0.853. The van der Waals surface area contributed by atoms with Crippen molar-refractivity contribution in [3.63, 3.8) is 0 Å². The first-order valence-corrected chi connectivity index (χ1v) is 5.22. The summed E-state index contributed by atoms with van der Waals surface area (Å²) in [6, 6.07) is 7.73. The summed E-state index contributed by atoms with van der Waals surface area (Å²) < 4.78 is 0. The van der Waals surface area contributed by atoms with Gasteiger partial charge in [-0.05, 0) is 30.9 Å². The van der Waals surface area contributed by atoms with Crippen molar-refractivity contribution >= 4 is 6.29 Å². The van der Waals surface area contributed by atoms with Gasteiger partial charge in [-0.25, -0.2) is 0 Å². The van der Waals surface area contributed by atoms with E-state index in [2.05, 4.69) is 0 Å². The number of hydrogen-bond acceptors (Lipinski definition) is 2. The van der Waals surface area contributed by atoms with Crippen LogP contribution in [0.15, 0.2) is 24.3 Å². The molecule has 0 saturated carbocycles. The largest absolute Gasteiger partial charge is 0.386 e. The third-order valence-corrected chi connectivity index (χ3v) is 2.60. The Morgan fingerprint density at radius 1 is 1.40 bits per heavy atom. The normalized spacial score (nSPS) is 13.6. The standard InChI is InChI=1S/C13H18O2/c1-10(8-9-14)11-6-4-5-7-12(11)13(2,3)15/h4-7,9-10,15H,8H2,1-3H3. The Hall–Kier alpha value is -1.15. The number of carbonyl (C=O) groups excluding carboxylic acids is 1. The average molecular weight is 206 g/mol. The van der Waals surface area contributed by atoms with Crippen LogP contribution in [0.4, 0.5) is 0 Å². The number of hydrogen-bond donors (Lipinski definition) is 1. The predicted molar refractivity (Wildman–Crippen MR) is 60.8 cm³/mol. The first kappa shape index (κ1) is 11.9. The zero-order valence-corrected chi connectivity index (χ0v) is 9.53. The van der Waals surface area contributed by atoms with Crippen LogP contribution in [0.2, 0.25) is 0 Å². The Balaban J connectivity index is 3.12. The van der Waals surface area contributed by atoms with Crippen LogP contribution < -0.4 is 0 Å². The van der Waals surface area contributed by atoms with Gasteiger partial charge in [0, 0.05) is 6.42 Å². The zero-order chi connectivity index (χ0) is 11.5. The van der Waals surface area contributed by atoms with E-state index in [9.17, 15) is 9.90 Å². The molecule has 0 aliphatic carbocycles. The second-order valence-corrected chi connectivity index (χ2v) is 4.45. The molecule has 0 fully saturated rings. The van der Waals surface area contributed by atoms with E-state index in [0.29, 0.717) is 6.42 Å². The van der Waals surface area contributed by atoms with Crippen molar-refractivity contribution in [3.8, 4) is 0 Å². The van der Waals surface area contributed by atoms with Gasteiger partial charge in [0.15, 0.2) is 0 Å². The van der Waals surface area contributed by atoms with Crippen LogP contribution in [-0.2, 0) is 10.4 Å². The topological polar surface area (TPSA) is 37.3 Å². The summed E-state index contributed by atoms with van der Waals surface area (Å²) in [6.07, 6.45) is 1.42. The predicted octanol–water partition coefficient (Wildman–Crippen LogP) is 2.61. The molecule has 1 unspecified atom stereocenters. The van der Waals surface area contributed by atoms with Gasteiger partial charge in [-0.1, -0.05) is 31.2 Å². The second-order valence-electron chi connectivity index (χ2n) is 4.45. The summed E-state index contributed by atoms with van der Waals surface area (Å²) in [4.78, 5) is 10.5. The lowest BCUT2D eigenvalue weighted by Gasteiger charge is -2.24. The lowest BCUT2D eigenvalue weighted by atomic mass is 9.86. The van der Waals surface area contributed by atoms with Crippen LogP contribution in [0.25, 0.3) is 0 Å². The van der Waals surface area contributed by atoms with Gasteiger partial charge in [0.1, 0.15) is 6.29 Å². The first-order chi connectivity index (χ1) is 6.96. The highest BCUT2D eigenvalue weighted by Gasteiger charge is 2.21. The van der Waals surface area contributed by atoms with Gasteiger partial charge in [0.2, 0.25) is 0 Å². The highest BCUT2D eigenvalue weighted by atomic mass is 16.3. The van der Waals surface area contributed by atoms with Crippen LogP contribution in [0.3, 0.4) is 0 Å². The smallest absolute Gasteiger partial charge is 0.120 e. The quantitative estimate of drug-likeness (QED) is 0.769. The molecule has 0 aliphatic rings. The summed E-state index contributed by atoms with van der Waals surface area (Å²) in [5, 5.41) is 10.00. The van der Waals surface area contributed by atoms with Crippen molar-refractivity contribution < 1.29 is 9.90 Å². The van der Waals surface area contributed by atoms with Gasteiger partial charge < -0.3 is 9.90 Å². The number of aldehydes is 1. The summed E-state index contributed by atoms with van der Waals surface area (Å²) >= 11 is 0. The maximum atomic E-state index is 10.5. The highest BCUT2D eigenvalue weighted by molar-refractivity contribution is 5.52. The molecule has 0 aliphatic heterocycles. The van der Waals surface area contributed by atoms with Crippen molar-refractivity contribution in [1.82, 2.24) is 0 Å². The minimum Gasteiger partial charge on any atom is -0.386 e. The maximum absolute atomic E-state index is 10.5. The van der Waals surface area contributed by atoms with E-state index >= 15 is 0 Å². The number of rotatable bonds is 4. The van der Waals surface area contributed by atoms with Gasteiger partial charge in [0.05, 0.1) is 5.60 Å². The van der Waals surface area contributed by atoms with Crippen LogP contribution in [0.1, 0.15) is 44.2 Å². The maximum Gasteiger partial charge on any atom is 0.120 e. The third kappa shape index (κ3) is 2.90. The van der Waals surface area contributed by atoms with Gasteiger partial charge in [0.25, 0.3) is 0 Å². The molecule has 0 radical (unpaired) electrons. The minimum absolute atomic E-state index is 0.158. The molecule has 1 atom stereocenters. The molecule has 1 aromatic carbocycles. The van der Waals surface area contributed by atoms with Crippen molar-refractivity contribution in [2.24, 2.45) is 0 Å². The molecule has 0 heterocycles. The summed E-state index contributed by atoms with van der Waals surface area (Å²) in [5.74, 6) is 0.158. The molecule has 1 N–H and O–H groups in total. The Bertz CT molecular complexity index is 337. The SMILES string of the molecule is CC(CC=O)c1ccccc1C(C)(C)O. The molecular formula is C13H18O2. The fourth-order valence-corrected chi connectivity index (χ4v) is 1.76.